The first kappa shape index (κ1) is 13.0. The molecule has 1 aliphatic carbocycles. The van der Waals surface area contributed by atoms with E-state index in [1.54, 1.807) is 0 Å². The van der Waals surface area contributed by atoms with Gasteiger partial charge in [0.05, 0.1) is 0 Å². The molecule has 0 aliphatic heterocycles. The van der Waals surface area contributed by atoms with Gasteiger partial charge in [0.25, 0.3) is 0 Å². The zero-order valence-electron chi connectivity index (χ0n) is 11.6. The molecule has 0 aromatic heterocycles. The second kappa shape index (κ2) is 4.08. The zero-order chi connectivity index (χ0) is 11.9. The summed E-state index contributed by atoms with van der Waals surface area (Å²) in [7, 11) is 0. The van der Waals surface area contributed by atoms with Crippen LogP contribution in [0.1, 0.15) is 54.9 Å². The number of hydrogen-bond donors (Lipinski definition) is 1. The van der Waals surface area contributed by atoms with Crippen LogP contribution in [0.3, 0.4) is 0 Å². The highest BCUT2D eigenvalue weighted by Crippen LogP contribution is 2.67. The average molecular weight is 211 g/mol. The lowest BCUT2D eigenvalue weighted by Gasteiger charge is -2.16. The van der Waals surface area contributed by atoms with Gasteiger partial charge in [0, 0.05) is 6.04 Å². The van der Waals surface area contributed by atoms with E-state index in [0.29, 0.717) is 16.9 Å². The predicted octanol–water partition coefficient (Wildman–Crippen LogP) is 3.69. The number of hydrogen-bond acceptors (Lipinski definition) is 1. The van der Waals surface area contributed by atoms with E-state index in [1.165, 1.54) is 13.0 Å². The van der Waals surface area contributed by atoms with Crippen LogP contribution in [0, 0.1) is 22.7 Å². The largest absolute Gasteiger partial charge is 0.314 e. The highest BCUT2D eigenvalue weighted by atomic mass is 14.9. The first-order chi connectivity index (χ1) is 6.69. The van der Waals surface area contributed by atoms with Gasteiger partial charge in [-0.15, -0.1) is 0 Å². The molecule has 0 aromatic rings. The molecule has 1 atom stereocenters. The Balaban J connectivity index is 2.28. The van der Waals surface area contributed by atoms with Gasteiger partial charge in [-0.05, 0) is 42.6 Å². The fourth-order valence-corrected chi connectivity index (χ4v) is 2.95. The second-order valence-corrected chi connectivity index (χ2v) is 6.93. The molecule has 0 radical (unpaired) electrons. The van der Waals surface area contributed by atoms with Gasteiger partial charge in [-0.1, -0.05) is 41.5 Å². The molecule has 0 heterocycles. The Morgan fingerprint density at radius 3 is 1.80 bits per heavy atom. The van der Waals surface area contributed by atoms with E-state index in [4.69, 9.17) is 0 Å². The summed E-state index contributed by atoms with van der Waals surface area (Å²) in [6, 6.07) is 0.664. The predicted molar refractivity (Wildman–Crippen MR) is 68.0 cm³/mol. The van der Waals surface area contributed by atoms with E-state index in [1.807, 2.05) is 0 Å². The molecule has 0 aromatic carbocycles. The van der Waals surface area contributed by atoms with Crippen molar-refractivity contribution in [1.29, 1.82) is 0 Å². The first-order valence-electron chi connectivity index (χ1n) is 6.43. The smallest absolute Gasteiger partial charge is 0.00412 e. The highest BCUT2D eigenvalue weighted by molar-refractivity contribution is 5.12. The quantitative estimate of drug-likeness (QED) is 0.731. The summed E-state index contributed by atoms with van der Waals surface area (Å²) in [5.74, 6) is 1.65. The van der Waals surface area contributed by atoms with Crippen LogP contribution >= 0.6 is 0 Å². The van der Waals surface area contributed by atoms with Gasteiger partial charge < -0.3 is 5.32 Å². The van der Waals surface area contributed by atoms with Crippen LogP contribution in [-0.4, -0.2) is 12.6 Å². The molecule has 1 nitrogen and oxygen atoms in total. The van der Waals surface area contributed by atoms with Crippen molar-refractivity contribution in [3.8, 4) is 0 Å². The fourth-order valence-electron chi connectivity index (χ4n) is 2.95. The maximum atomic E-state index is 3.69. The van der Waals surface area contributed by atoms with E-state index in [2.05, 4.69) is 53.8 Å². The normalized spacial score (nSPS) is 25.6. The molecule has 15 heavy (non-hydrogen) atoms. The van der Waals surface area contributed by atoms with Crippen molar-refractivity contribution >= 4 is 0 Å². The molecular weight excluding hydrogens is 182 g/mol. The van der Waals surface area contributed by atoms with E-state index in [9.17, 15) is 0 Å². The third-order valence-corrected chi connectivity index (χ3v) is 4.82. The van der Waals surface area contributed by atoms with Gasteiger partial charge in [0.2, 0.25) is 0 Å². The summed E-state index contributed by atoms with van der Waals surface area (Å²) < 4.78 is 0. The average Bonchev–Trinajstić information content (AvgIpc) is 2.38. The van der Waals surface area contributed by atoms with Crippen molar-refractivity contribution in [3.63, 3.8) is 0 Å². The van der Waals surface area contributed by atoms with Gasteiger partial charge in [-0.2, -0.15) is 0 Å². The minimum absolute atomic E-state index is 0.525. The maximum absolute atomic E-state index is 3.69. The third kappa shape index (κ3) is 2.55. The van der Waals surface area contributed by atoms with Crippen LogP contribution in [0.15, 0.2) is 0 Å². The van der Waals surface area contributed by atoms with Gasteiger partial charge in [-0.3, -0.25) is 0 Å². The Hall–Kier alpha value is -0.0400. The van der Waals surface area contributed by atoms with Crippen LogP contribution in [0.5, 0.6) is 0 Å². The highest BCUT2D eigenvalue weighted by Gasteiger charge is 2.63. The molecule has 1 fully saturated rings. The summed E-state index contributed by atoms with van der Waals surface area (Å²) in [5, 5.41) is 3.69. The lowest BCUT2D eigenvalue weighted by atomic mass is 10.0. The minimum Gasteiger partial charge on any atom is -0.314 e. The molecule has 1 saturated carbocycles. The van der Waals surface area contributed by atoms with Gasteiger partial charge >= 0.3 is 0 Å². The Bertz CT molecular complexity index is 201. The molecular formula is C14H29N. The maximum Gasteiger partial charge on any atom is 0.00412 e. The molecule has 1 N–H and O–H groups in total. The Morgan fingerprint density at radius 1 is 1.00 bits per heavy atom. The van der Waals surface area contributed by atoms with Crippen molar-refractivity contribution in [2.45, 2.75) is 60.9 Å². The van der Waals surface area contributed by atoms with Crippen LogP contribution < -0.4 is 5.32 Å². The summed E-state index contributed by atoms with van der Waals surface area (Å²) in [5.41, 5.74) is 1.05. The molecule has 1 aliphatic rings. The van der Waals surface area contributed by atoms with Crippen LogP contribution in [0.4, 0.5) is 0 Å². The van der Waals surface area contributed by atoms with Gasteiger partial charge in [0.1, 0.15) is 0 Å². The van der Waals surface area contributed by atoms with Crippen molar-refractivity contribution in [2.24, 2.45) is 22.7 Å². The van der Waals surface area contributed by atoms with Crippen LogP contribution in [-0.2, 0) is 0 Å². The molecule has 1 unspecified atom stereocenters. The molecule has 90 valence electrons. The SMILES string of the molecule is CC(C)CC(C)NCC1C(C)(C)C1(C)C. The first-order valence-corrected chi connectivity index (χ1v) is 6.43. The number of nitrogens with one attached hydrogen (secondary N) is 1. The van der Waals surface area contributed by atoms with E-state index >= 15 is 0 Å². The molecule has 0 saturated heterocycles. The Labute approximate surface area is 96.0 Å². The van der Waals surface area contributed by atoms with Crippen molar-refractivity contribution in [3.05, 3.63) is 0 Å². The summed E-state index contributed by atoms with van der Waals surface area (Å²) in [4.78, 5) is 0. The summed E-state index contributed by atoms with van der Waals surface area (Å²) >= 11 is 0. The number of rotatable bonds is 5. The third-order valence-electron chi connectivity index (χ3n) is 4.82. The monoisotopic (exact) mass is 211 g/mol. The Morgan fingerprint density at radius 2 is 1.47 bits per heavy atom. The molecule has 0 bridgehead atoms. The zero-order valence-corrected chi connectivity index (χ0v) is 11.6. The van der Waals surface area contributed by atoms with Crippen LogP contribution in [0.25, 0.3) is 0 Å². The minimum atomic E-state index is 0.525. The van der Waals surface area contributed by atoms with E-state index in [-0.39, 0.29) is 0 Å². The summed E-state index contributed by atoms with van der Waals surface area (Å²) in [6.45, 7) is 17.7. The topological polar surface area (TPSA) is 12.0 Å². The molecule has 1 rings (SSSR count). The van der Waals surface area contributed by atoms with E-state index < -0.39 is 0 Å². The van der Waals surface area contributed by atoms with Crippen molar-refractivity contribution < 1.29 is 0 Å². The lowest BCUT2D eigenvalue weighted by Crippen LogP contribution is -2.30. The van der Waals surface area contributed by atoms with Crippen molar-refractivity contribution in [2.75, 3.05) is 6.54 Å². The van der Waals surface area contributed by atoms with E-state index in [0.717, 1.165) is 11.8 Å². The molecule has 1 heteroatoms. The molecule has 0 spiro atoms. The lowest BCUT2D eigenvalue weighted by molar-refractivity contribution is 0.416. The molecule has 0 amide bonds. The standard InChI is InChI=1S/C14H29N/c1-10(2)8-11(3)15-9-12-13(4,5)14(12,6)7/h10-12,15H,8-9H2,1-7H3. The van der Waals surface area contributed by atoms with Crippen molar-refractivity contribution in [1.82, 2.24) is 5.32 Å². The van der Waals surface area contributed by atoms with Crippen LogP contribution in [0.2, 0.25) is 0 Å². The Kier molecular flexibility index (Phi) is 3.55. The van der Waals surface area contributed by atoms with Gasteiger partial charge in [0.15, 0.2) is 0 Å². The fraction of sp³-hybridized carbons (Fsp3) is 1.00. The second-order valence-electron chi connectivity index (χ2n) is 6.93. The van der Waals surface area contributed by atoms with Gasteiger partial charge in [-0.25, -0.2) is 0 Å². The summed E-state index contributed by atoms with van der Waals surface area (Å²) in [6.07, 6.45) is 1.29.